The molecular formula is C26H17FO5. The second kappa shape index (κ2) is 7.89. The Morgan fingerprint density at radius 3 is 2.34 bits per heavy atom. The van der Waals surface area contributed by atoms with E-state index < -0.39 is 17.7 Å². The number of esters is 1. The summed E-state index contributed by atoms with van der Waals surface area (Å²) in [4.78, 5) is 38.5. The first kappa shape index (κ1) is 19.9. The highest BCUT2D eigenvalue weighted by molar-refractivity contribution is 6.27. The highest BCUT2D eigenvalue weighted by atomic mass is 19.1. The van der Waals surface area contributed by atoms with Crippen molar-refractivity contribution in [3.63, 3.8) is 0 Å². The van der Waals surface area contributed by atoms with Crippen molar-refractivity contribution in [2.24, 2.45) is 0 Å². The van der Waals surface area contributed by atoms with Crippen LogP contribution in [0.4, 0.5) is 4.39 Å². The predicted molar refractivity (Wildman–Crippen MR) is 113 cm³/mol. The van der Waals surface area contributed by atoms with E-state index in [0.29, 0.717) is 16.9 Å². The first-order valence-corrected chi connectivity index (χ1v) is 10.1. The fourth-order valence-corrected chi connectivity index (χ4v) is 4.07. The molecule has 0 saturated carbocycles. The lowest BCUT2D eigenvalue weighted by atomic mass is 9.77. The van der Waals surface area contributed by atoms with Gasteiger partial charge in [-0.25, -0.2) is 4.39 Å². The van der Waals surface area contributed by atoms with Gasteiger partial charge in [-0.05, 0) is 35.4 Å². The van der Waals surface area contributed by atoms with Crippen LogP contribution < -0.4 is 4.74 Å². The molecule has 32 heavy (non-hydrogen) atoms. The standard InChI is InChI=1S/C26H17FO5/c27-17-10-8-15(9-11-17)14-31-18-5-3-4-16(12-18)21-13-22(28)32-26-23(21)24(29)19-6-1-2-7-20(19)25(26)30/h1-12,21H,13-14H2/t21-/m1/s1. The predicted octanol–water partition coefficient (Wildman–Crippen LogP) is 4.77. The molecule has 5 rings (SSSR count). The third-order valence-electron chi connectivity index (χ3n) is 5.63. The maximum absolute atomic E-state index is 13.2. The van der Waals surface area contributed by atoms with Gasteiger partial charge in [0.25, 0.3) is 0 Å². The summed E-state index contributed by atoms with van der Waals surface area (Å²) in [6.45, 7) is 0.231. The number of carbonyl (C=O) groups is 3. The first-order valence-electron chi connectivity index (χ1n) is 10.1. The van der Waals surface area contributed by atoms with E-state index in [1.165, 1.54) is 12.1 Å². The van der Waals surface area contributed by atoms with Gasteiger partial charge in [-0.15, -0.1) is 0 Å². The Morgan fingerprint density at radius 1 is 0.875 bits per heavy atom. The molecule has 0 unspecified atom stereocenters. The smallest absolute Gasteiger partial charge is 0.312 e. The van der Waals surface area contributed by atoms with Crippen molar-refractivity contribution in [1.29, 1.82) is 0 Å². The third kappa shape index (κ3) is 3.50. The Bertz CT molecular complexity index is 1290. The van der Waals surface area contributed by atoms with Gasteiger partial charge in [0, 0.05) is 17.0 Å². The van der Waals surface area contributed by atoms with E-state index in [1.807, 2.05) is 0 Å². The molecule has 1 aliphatic carbocycles. The average molecular weight is 428 g/mol. The maximum Gasteiger partial charge on any atom is 0.312 e. The fourth-order valence-electron chi connectivity index (χ4n) is 4.07. The Labute approximate surface area is 183 Å². The van der Waals surface area contributed by atoms with Gasteiger partial charge in [-0.3, -0.25) is 14.4 Å². The quantitative estimate of drug-likeness (QED) is 0.560. The number of halogens is 1. The largest absolute Gasteiger partial charge is 0.489 e. The number of hydrogen-bond acceptors (Lipinski definition) is 5. The minimum absolute atomic E-state index is 0.0541. The number of Topliss-reactive ketones (excluding diaryl/α,β-unsaturated/α-hetero) is 2. The summed E-state index contributed by atoms with van der Waals surface area (Å²) in [5, 5.41) is 0. The molecule has 6 heteroatoms. The van der Waals surface area contributed by atoms with Crippen molar-refractivity contribution in [3.05, 3.63) is 112 Å². The molecule has 1 heterocycles. The Morgan fingerprint density at radius 2 is 1.59 bits per heavy atom. The molecule has 0 aromatic heterocycles. The van der Waals surface area contributed by atoms with Crippen LogP contribution in [0.5, 0.6) is 5.75 Å². The van der Waals surface area contributed by atoms with Crippen molar-refractivity contribution in [2.45, 2.75) is 18.9 Å². The summed E-state index contributed by atoms with van der Waals surface area (Å²) >= 11 is 0. The number of fused-ring (bicyclic) bond motifs is 1. The second-order valence-electron chi connectivity index (χ2n) is 7.67. The van der Waals surface area contributed by atoms with Gasteiger partial charge < -0.3 is 9.47 Å². The van der Waals surface area contributed by atoms with Crippen LogP contribution in [0.15, 0.2) is 84.1 Å². The minimum atomic E-state index is -0.620. The SMILES string of the molecule is O=C1C[C@H](c2cccc(OCc3ccc(F)cc3)c2)C2=C(O1)C(=O)c1ccccc1C2=O. The molecule has 1 atom stereocenters. The van der Waals surface area contributed by atoms with Crippen LogP contribution in [0.25, 0.3) is 0 Å². The summed E-state index contributed by atoms with van der Waals surface area (Å²) in [7, 11) is 0. The molecule has 0 amide bonds. The number of ketones is 2. The van der Waals surface area contributed by atoms with Gasteiger partial charge in [0.15, 0.2) is 11.5 Å². The van der Waals surface area contributed by atoms with E-state index in [9.17, 15) is 18.8 Å². The van der Waals surface area contributed by atoms with Crippen LogP contribution in [0.2, 0.25) is 0 Å². The molecule has 3 aromatic carbocycles. The second-order valence-corrected chi connectivity index (χ2v) is 7.67. The molecule has 2 aliphatic rings. The number of allylic oxidation sites excluding steroid dienone is 2. The molecule has 0 N–H and O–H groups in total. The van der Waals surface area contributed by atoms with Gasteiger partial charge >= 0.3 is 5.97 Å². The number of ether oxygens (including phenoxy) is 2. The van der Waals surface area contributed by atoms with Crippen molar-refractivity contribution in [3.8, 4) is 5.75 Å². The van der Waals surface area contributed by atoms with Crippen LogP contribution in [-0.2, 0) is 16.1 Å². The fraction of sp³-hybridized carbons (Fsp3) is 0.115. The van der Waals surface area contributed by atoms with Gasteiger partial charge in [0.05, 0.1) is 12.0 Å². The van der Waals surface area contributed by atoms with E-state index in [1.54, 1.807) is 60.7 Å². The zero-order chi connectivity index (χ0) is 22.2. The lowest BCUT2D eigenvalue weighted by molar-refractivity contribution is -0.140. The topological polar surface area (TPSA) is 69.7 Å². The Balaban J connectivity index is 1.48. The zero-order valence-electron chi connectivity index (χ0n) is 16.8. The molecule has 1 aliphatic heterocycles. The van der Waals surface area contributed by atoms with Crippen molar-refractivity contribution >= 4 is 17.5 Å². The van der Waals surface area contributed by atoms with E-state index in [0.717, 1.165) is 5.56 Å². The average Bonchev–Trinajstić information content (AvgIpc) is 2.82. The lowest BCUT2D eigenvalue weighted by Gasteiger charge is -2.30. The van der Waals surface area contributed by atoms with Crippen LogP contribution in [-0.4, -0.2) is 17.5 Å². The Kier molecular flexibility index (Phi) is 4.90. The van der Waals surface area contributed by atoms with E-state index in [2.05, 4.69) is 0 Å². The van der Waals surface area contributed by atoms with Gasteiger partial charge in [0.2, 0.25) is 5.78 Å². The molecule has 0 fully saturated rings. The molecule has 0 bridgehead atoms. The normalized spacial score (nSPS) is 17.5. The number of hydrogen-bond donors (Lipinski definition) is 0. The molecule has 0 saturated heterocycles. The highest BCUT2D eigenvalue weighted by Crippen LogP contribution is 2.41. The lowest BCUT2D eigenvalue weighted by Crippen LogP contribution is -2.32. The van der Waals surface area contributed by atoms with Gasteiger partial charge in [0.1, 0.15) is 18.2 Å². The molecule has 3 aromatic rings. The van der Waals surface area contributed by atoms with E-state index in [-0.39, 0.29) is 41.5 Å². The van der Waals surface area contributed by atoms with E-state index in [4.69, 9.17) is 9.47 Å². The summed E-state index contributed by atoms with van der Waals surface area (Å²) in [5.41, 5.74) is 2.21. The minimum Gasteiger partial charge on any atom is -0.489 e. The van der Waals surface area contributed by atoms with Crippen molar-refractivity contribution in [2.75, 3.05) is 0 Å². The Hall–Kier alpha value is -4.06. The summed E-state index contributed by atoms with van der Waals surface area (Å²) < 4.78 is 24.2. The maximum atomic E-state index is 13.2. The van der Waals surface area contributed by atoms with Crippen molar-refractivity contribution in [1.82, 2.24) is 0 Å². The van der Waals surface area contributed by atoms with Gasteiger partial charge in [-0.2, -0.15) is 0 Å². The monoisotopic (exact) mass is 428 g/mol. The molecule has 5 nitrogen and oxygen atoms in total. The van der Waals surface area contributed by atoms with Crippen LogP contribution in [0.3, 0.4) is 0 Å². The molecule has 158 valence electrons. The summed E-state index contributed by atoms with van der Waals surface area (Å²) in [6.07, 6.45) is -0.0541. The van der Waals surface area contributed by atoms with Crippen molar-refractivity contribution < 1.29 is 28.2 Å². The first-order chi connectivity index (χ1) is 15.5. The zero-order valence-corrected chi connectivity index (χ0v) is 16.8. The summed E-state index contributed by atoms with van der Waals surface area (Å²) in [5.74, 6) is -1.94. The molecular weight excluding hydrogens is 411 g/mol. The number of carbonyl (C=O) groups excluding carboxylic acids is 3. The third-order valence-corrected chi connectivity index (χ3v) is 5.63. The highest BCUT2D eigenvalue weighted by Gasteiger charge is 2.42. The van der Waals surface area contributed by atoms with Crippen LogP contribution in [0, 0.1) is 5.82 Å². The number of benzene rings is 3. The number of rotatable bonds is 4. The van der Waals surface area contributed by atoms with Crippen LogP contribution >= 0.6 is 0 Å². The summed E-state index contributed by atoms with van der Waals surface area (Å²) in [6, 6.07) is 19.6. The van der Waals surface area contributed by atoms with E-state index >= 15 is 0 Å². The molecule has 0 radical (unpaired) electrons. The van der Waals surface area contributed by atoms with Gasteiger partial charge in [-0.1, -0.05) is 48.5 Å². The van der Waals surface area contributed by atoms with Crippen LogP contribution in [0.1, 0.15) is 44.2 Å². The molecule has 0 spiro atoms.